The number of nitrogens with one attached hydrogen (secondary N) is 1. The van der Waals surface area contributed by atoms with Crippen LogP contribution >= 0.6 is 11.3 Å². The Balaban J connectivity index is 1.65. The van der Waals surface area contributed by atoms with E-state index in [2.05, 4.69) is 15.5 Å². The highest BCUT2D eigenvalue weighted by Gasteiger charge is 2.21. The summed E-state index contributed by atoms with van der Waals surface area (Å²) in [5.74, 6) is -0.607. The minimum absolute atomic E-state index is 0.0576. The predicted molar refractivity (Wildman–Crippen MR) is 98.0 cm³/mol. The monoisotopic (exact) mass is 410 g/mol. The highest BCUT2D eigenvalue weighted by atomic mass is 32.2. The maximum atomic E-state index is 13.4. The molecule has 1 amide bonds. The van der Waals surface area contributed by atoms with Crippen molar-refractivity contribution in [2.45, 2.75) is 6.54 Å². The number of nitrogens with zero attached hydrogens (tertiary/aromatic N) is 3. The second-order valence-corrected chi connectivity index (χ2v) is 8.37. The maximum Gasteiger partial charge on any atom is 0.246 e. The van der Waals surface area contributed by atoms with Gasteiger partial charge < -0.3 is 9.84 Å². The Labute approximate surface area is 158 Å². The van der Waals surface area contributed by atoms with Gasteiger partial charge >= 0.3 is 0 Å². The number of carbonyl (C=O) groups is 1. The summed E-state index contributed by atoms with van der Waals surface area (Å²) in [4.78, 5) is 17.2. The molecule has 2 heterocycles. The van der Waals surface area contributed by atoms with Gasteiger partial charge in [0.1, 0.15) is 12.4 Å². The zero-order chi connectivity index (χ0) is 19.4. The average molecular weight is 410 g/mol. The van der Waals surface area contributed by atoms with Gasteiger partial charge in [0, 0.05) is 0 Å². The van der Waals surface area contributed by atoms with Crippen molar-refractivity contribution in [2.75, 3.05) is 17.1 Å². The number of thiophene rings is 1. The summed E-state index contributed by atoms with van der Waals surface area (Å²) < 4.78 is 43.2. The molecule has 142 valence electrons. The van der Waals surface area contributed by atoms with E-state index >= 15 is 0 Å². The number of benzene rings is 1. The van der Waals surface area contributed by atoms with Crippen LogP contribution < -0.4 is 9.62 Å². The molecule has 1 N–H and O–H groups in total. The number of sulfonamides is 1. The summed E-state index contributed by atoms with van der Waals surface area (Å²) in [6.07, 6.45) is 0.941. The number of hydrogen-bond donors (Lipinski definition) is 1. The van der Waals surface area contributed by atoms with Crippen LogP contribution in [0.4, 0.5) is 10.1 Å². The van der Waals surface area contributed by atoms with Gasteiger partial charge in [-0.15, -0.1) is 11.3 Å². The van der Waals surface area contributed by atoms with Crippen molar-refractivity contribution in [1.82, 2.24) is 15.5 Å². The van der Waals surface area contributed by atoms with Crippen molar-refractivity contribution in [1.29, 1.82) is 0 Å². The van der Waals surface area contributed by atoms with Crippen LogP contribution in [0, 0.1) is 5.82 Å². The van der Waals surface area contributed by atoms with Crippen molar-refractivity contribution in [3.63, 3.8) is 0 Å². The van der Waals surface area contributed by atoms with Crippen molar-refractivity contribution >= 4 is 33.0 Å². The fourth-order valence-electron chi connectivity index (χ4n) is 2.22. The van der Waals surface area contributed by atoms with E-state index in [1.807, 2.05) is 17.5 Å². The summed E-state index contributed by atoms with van der Waals surface area (Å²) >= 11 is 1.45. The molecule has 0 saturated heterocycles. The van der Waals surface area contributed by atoms with Crippen molar-refractivity contribution < 1.29 is 22.1 Å². The Bertz CT molecular complexity index is 1030. The van der Waals surface area contributed by atoms with E-state index in [0.717, 1.165) is 21.5 Å². The molecule has 27 heavy (non-hydrogen) atoms. The van der Waals surface area contributed by atoms with E-state index < -0.39 is 28.3 Å². The van der Waals surface area contributed by atoms with Gasteiger partial charge in [0.25, 0.3) is 0 Å². The van der Waals surface area contributed by atoms with Gasteiger partial charge in [-0.3, -0.25) is 9.10 Å². The Morgan fingerprint density at radius 1 is 1.33 bits per heavy atom. The van der Waals surface area contributed by atoms with Crippen LogP contribution in [-0.2, 0) is 21.4 Å². The quantitative estimate of drug-likeness (QED) is 0.639. The summed E-state index contributed by atoms with van der Waals surface area (Å²) in [6.45, 7) is -0.563. The predicted octanol–water partition coefficient (Wildman–Crippen LogP) is 2.02. The third-order valence-corrected chi connectivity index (χ3v) is 5.44. The average Bonchev–Trinajstić information content (AvgIpc) is 3.28. The van der Waals surface area contributed by atoms with Crippen molar-refractivity contribution in [3.8, 4) is 10.7 Å². The molecule has 0 unspecified atom stereocenters. The first-order chi connectivity index (χ1) is 12.8. The Morgan fingerprint density at radius 2 is 2.15 bits per heavy atom. The molecule has 0 bridgehead atoms. The van der Waals surface area contributed by atoms with Gasteiger partial charge in [-0.1, -0.05) is 17.3 Å². The molecule has 0 saturated carbocycles. The van der Waals surface area contributed by atoms with Crippen molar-refractivity contribution in [2.24, 2.45) is 0 Å². The van der Waals surface area contributed by atoms with Crippen LogP contribution in [0.15, 0.2) is 46.3 Å². The number of amides is 1. The molecule has 0 spiro atoms. The van der Waals surface area contributed by atoms with Gasteiger partial charge in [-0.25, -0.2) is 12.8 Å². The van der Waals surface area contributed by atoms with Crippen LogP contribution in [0.3, 0.4) is 0 Å². The first kappa shape index (κ1) is 19.0. The first-order valence-electron chi connectivity index (χ1n) is 7.69. The number of halogens is 1. The highest BCUT2D eigenvalue weighted by Crippen LogP contribution is 2.21. The zero-order valence-electron chi connectivity index (χ0n) is 14.1. The Kier molecular flexibility index (Phi) is 5.51. The van der Waals surface area contributed by atoms with Crippen LogP contribution in [0.25, 0.3) is 10.7 Å². The van der Waals surface area contributed by atoms with Gasteiger partial charge in [0.15, 0.2) is 0 Å². The normalized spacial score (nSPS) is 11.3. The lowest BCUT2D eigenvalue weighted by molar-refractivity contribution is -0.119. The topological polar surface area (TPSA) is 105 Å². The van der Waals surface area contributed by atoms with E-state index in [4.69, 9.17) is 4.52 Å². The van der Waals surface area contributed by atoms with Crippen LogP contribution in [0.5, 0.6) is 0 Å². The van der Waals surface area contributed by atoms with E-state index in [-0.39, 0.29) is 18.1 Å². The molecule has 0 atom stereocenters. The van der Waals surface area contributed by atoms with Crippen LogP contribution in [-0.4, -0.2) is 37.3 Å². The summed E-state index contributed by atoms with van der Waals surface area (Å²) in [5, 5.41) is 8.21. The van der Waals surface area contributed by atoms with Gasteiger partial charge in [0.2, 0.25) is 27.6 Å². The molecular formula is C16H15FN4O4S2. The number of rotatable bonds is 7. The SMILES string of the molecule is CS(=O)(=O)N(CC(=O)NCc1nc(-c2cccs2)no1)c1cccc(F)c1. The maximum absolute atomic E-state index is 13.4. The molecule has 2 aromatic heterocycles. The van der Waals surface area contributed by atoms with E-state index in [9.17, 15) is 17.6 Å². The summed E-state index contributed by atoms with van der Waals surface area (Å²) in [6, 6.07) is 8.68. The lowest BCUT2D eigenvalue weighted by atomic mass is 10.3. The first-order valence-corrected chi connectivity index (χ1v) is 10.4. The van der Waals surface area contributed by atoms with Gasteiger partial charge in [-0.05, 0) is 29.6 Å². The third-order valence-electron chi connectivity index (χ3n) is 3.43. The standard InChI is InChI=1S/C16H15FN4O4S2/c1-27(23,24)21(12-5-2-4-11(17)8-12)10-14(22)18-9-15-19-16(20-25-15)13-6-3-7-26-13/h2-8H,9-10H2,1H3,(H,18,22). The molecule has 1 aromatic carbocycles. The number of hydrogen-bond acceptors (Lipinski definition) is 7. The number of anilines is 1. The van der Waals surface area contributed by atoms with Crippen LogP contribution in [0.2, 0.25) is 0 Å². The second-order valence-electron chi connectivity index (χ2n) is 5.52. The fourth-order valence-corrected chi connectivity index (χ4v) is 3.72. The minimum Gasteiger partial charge on any atom is -0.345 e. The number of aromatic nitrogens is 2. The second kappa shape index (κ2) is 7.84. The minimum atomic E-state index is -3.78. The number of carbonyl (C=O) groups excluding carboxylic acids is 1. The lowest BCUT2D eigenvalue weighted by Crippen LogP contribution is -2.40. The molecular weight excluding hydrogens is 395 g/mol. The molecule has 3 rings (SSSR count). The van der Waals surface area contributed by atoms with Gasteiger partial charge in [-0.2, -0.15) is 4.98 Å². The molecule has 0 radical (unpaired) electrons. The molecule has 11 heteroatoms. The Hall–Kier alpha value is -2.79. The van der Waals surface area contributed by atoms with E-state index in [0.29, 0.717) is 5.82 Å². The Morgan fingerprint density at radius 3 is 2.81 bits per heavy atom. The fraction of sp³-hybridized carbons (Fsp3) is 0.188. The van der Waals surface area contributed by atoms with Crippen LogP contribution in [0.1, 0.15) is 5.89 Å². The summed E-state index contributed by atoms with van der Waals surface area (Å²) in [7, 11) is -3.78. The third kappa shape index (κ3) is 4.89. The largest absolute Gasteiger partial charge is 0.345 e. The van der Waals surface area contributed by atoms with Crippen molar-refractivity contribution in [3.05, 3.63) is 53.5 Å². The zero-order valence-corrected chi connectivity index (χ0v) is 15.8. The molecule has 0 aliphatic heterocycles. The molecule has 8 nitrogen and oxygen atoms in total. The highest BCUT2D eigenvalue weighted by molar-refractivity contribution is 7.92. The molecule has 0 fully saturated rings. The lowest BCUT2D eigenvalue weighted by Gasteiger charge is -2.21. The smallest absolute Gasteiger partial charge is 0.246 e. The summed E-state index contributed by atoms with van der Waals surface area (Å²) in [5.41, 5.74) is 0.0606. The molecule has 3 aromatic rings. The van der Waals surface area contributed by atoms with E-state index in [1.54, 1.807) is 0 Å². The molecule has 0 aliphatic rings. The molecule has 0 aliphatic carbocycles. The van der Waals surface area contributed by atoms with Gasteiger partial charge in [0.05, 0.1) is 23.4 Å². The van der Waals surface area contributed by atoms with E-state index in [1.165, 1.54) is 29.5 Å².